The lowest BCUT2D eigenvalue weighted by molar-refractivity contribution is 0.737. The highest BCUT2D eigenvalue weighted by atomic mass is 15.2. The molecule has 0 radical (unpaired) electrons. The third-order valence-corrected chi connectivity index (χ3v) is 13.7. The molecule has 362 valence electrons. The van der Waals surface area contributed by atoms with Crippen LogP contribution in [0.25, 0.3) is 49.0 Å². The van der Waals surface area contributed by atoms with Gasteiger partial charge < -0.3 is 9.80 Å². The van der Waals surface area contributed by atoms with Crippen LogP contribution in [0, 0.1) is 19.8 Å². The maximum atomic E-state index is 2.57. The summed E-state index contributed by atoms with van der Waals surface area (Å²) in [6.45, 7) is 28.9. The topological polar surface area (TPSA) is 6.48 Å². The molecule has 0 amide bonds. The van der Waals surface area contributed by atoms with Crippen LogP contribution in [-0.4, -0.2) is 0 Å². The number of rotatable bonds is 11. The smallest absolute Gasteiger partial charge is 0.0543 e. The Bertz CT molecular complexity index is 3320. The Morgan fingerprint density at radius 2 is 0.930 bits per heavy atom. The lowest BCUT2D eigenvalue weighted by atomic mass is 9.86. The second-order valence-electron chi connectivity index (χ2n) is 20.9. The van der Waals surface area contributed by atoms with E-state index in [0.29, 0.717) is 17.8 Å². The fourth-order valence-electron chi connectivity index (χ4n) is 10.4. The van der Waals surface area contributed by atoms with E-state index in [2.05, 4.69) is 262 Å². The first-order chi connectivity index (χ1) is 34.3. The van der Waals surface area contributed by atoms with Crippen molar-refractivity contribution in [1.29, 1.82) is 0 Å². The quantitative estimate of drug-likeness (QED) is 0.119. The van der Waals surface area contributed by atoms with Crippen LogP contribution in [0.1, 0.15) is 140 Å². The molecule has 0 unspecified atom stereocenters. The molecule has 0 saturated heterocycles. The Hall–Kier alpha value is -6.90. The summed E-state index contributed by atoms with van der Waals surface area (Å²) in [5.74, 6) is 1.76. The molecule has 0 fully saturated rings. The van der Waals surface area contributed by atoms with Gasteiger partial charge in [-0.05, 0) is 171 Å². The summed E-state index contributed by atoms with van der Waals surface area (Å²) in [7, 11) is 0. The summed E-state index contributed by atoms with van der Waals surface area (Å²) in [5.41, 5.74) is 18.8. The van der Waals surface area contributed by atoms with Crippen molar-refractivity contribution in [3.63, 3.8) is 0 Å². The van der Waals surface area contributed by atoms with Gasteiger partial charge in [-0.3, -0.25) is 0 Å². The molecule has 2 heteroatoms. The zero-order chi connectivity index (χ0) is 50.5. The molecule has 9 aromatic carbocycles. The minimum Gasteiger partial charge on any atom is -0.310 e. The molecule has 0 aliphatic heterocycles. The first-order valence-electron chi connectivity index (χ1n) is 26.5. The molecule has 0 spiro atoms. The third kappa shape index (κ3) is 10.5. The molecule has 0 atom stereocenters. The zero-order valence-electron chi connectivity index (χ0n) is 44.9. The SMILES string of the molecule is CC.CC(C)C.Cc1cccc(N(c2cc(C3=CC=CCC3)ccc2C(C)C)c2ccc3ccc4c(N(c5cccc(C)c5)c5cc(-c6ccccc6)ccc5C(C)C)cc(C(C)C)c5ccc2c3c54)c1. The average molecular weight is 933 g/mol. The average Bonchev–Trinajstić information content (AvgIpc) is 3.37. The minimum atomic E-state index is 0.293. The van der Waals surface area contributed by atoms with Crippen LogP contribution >= 0.6 is 0 Å². The van der Waals surface area contributed by atoms with E-state index >= 15 is 0 Å². The summed E-state index contributed by atoms with van der Waals surface area (Å²) in [5, 5.41) is 7.73. The summed E-state index contributed by atoms with van der Waals surface area (Å²) in [6.07, 6.45) is 8.92. The van der Waals surface area contributed by atoms with Gasteiger partial charge >= 0.3 is 0 Å². The highest BCUT2D eigenvalue weighted by Gasteiger charge is 2.27. The Morgan fingerprint density at radius 3 is 1.49 bits per heavy atom. The molecule has 71 heavy (non-hydrogen) atoms. The summed E-state index contributed by atoms with van der Waals surface area (Å²) in [6, 6.07) is 60.1. The van der Waals surface area contributed by atoms with Crippen molar-refractivity contribution in [3.05, 3.63) is 209 Å². The van der Waals surface area contributed by atoms with E-state index in [0.717, 1.165) is 24.4 Å². The Morgan fingerprint density at radius 1 is 0.408 bits per heavy atom. The molecule has 9 aromatic rings. The van der Waals surface area contributed by atoms with Crippen LogP contribution in [0.3, 0.4) is 0 Å². The lowest BCUT2D eigenvalue weighted by Gasteiger charge is -2.33. The van der Waals surface area contributed by atoms with Crippen LogP contribution in [0.5, 0.6) is 0 Å². The molecule has 0 bridgehead atoms. The van der Waals surface area contributed by atoms with E-state index in [4.69, 9.17) is 0 Å². The zero-order valence-corrected chi connectivity index (χ0v) is 44.9. The number of anilines is 6. The van der Waals surface area contributed by atoms with Crippen molar-refractivity contribution in [1.82, 2.24) is 0 Å². The van der Waals surface area contributed by atoms with Gasteiger partial charge in [-0.25, -0.2) is 0 Å². The Balaban J connectivity index is 0.00000107. The molecule has 1 aliphatic rings. The highest BCUT2D eigenvalue weighted by molar-refractivity contribution is 6.29. The lowest BCUT2D eigenvalue weighted by Crippen LogP contribution is -2.15. The van der Waals surface area contributed by atoms with Gasteiger partial charge in [0.15, 0.2) is 0 Å². The van der Waals surface area contributed by atoms with Crippen molar-refractivity contribution in [2.75, 3.05) is 9.80 Å². The van der Waals surface area contributed by atoms with Crippen molar-refractivity contribution in [2.24, 2.45) is 5.92 Å². The molecule has 0 N–H and O–H groups in total. The van der Waals surface area contributed by atoms with E-state index in [9.17, 15) is 0 Å². The van der Waals surface area contributed by atoms with E-state index in [1.165, 1.54) is 111 Å². The first kappa shape index (κ1) is 50.5. The van der Waals surface area contributed by atoms with Gasteiger partial charge in [-0.2, -0.15) is 0 Å². The van der Waals surface area contributed by atoms with Crippen molar-refractivity contribution in [3.8, 4) is 11.1 Å². The van der Waals surface area contributed by atoms with Gasteiger partial charge in [0.25, 0.3) is 0 Å². The number of aryl methyl sites for hydroxylation is 2. The summed E-state index contributed by atoms with van der Waals surface area (Å²) >= 11 is 0. The number of allylic oxidation sites excluding steroid dienone is 4. The van der Waals surface area contributed by atoms with Gasteiger partial charge in [0, 0.05) is 22.1 Å². The minimum absolute atomic E-state index is 0.293. The largest absolute Gasteiger partial charge is 0.310 e. The molecule has 0 saturated carbocycles. The molecule has 1 aliphatic carbocycles. The van der Waals surface area contributed by atoms with Crippen LogP contribution in [0.2, 0.25) is 0 Å². The van der Waals surface area contributed by atoms with Crippen LogP contribution in [0.15, 0.2) is 176 Å². The van der Waals surface area contributed by atoms with Gasteiger partial charge in [0.2, 0.25) is 0 Å². The summed E-state index contributed by atoms with van der Waals surface area (Å²) < 4.78 is 0. The van der Waals surface area contributed by atoms with Crippen molar-refractivity contribution < 1.29 is 0 Å². The monoisotopic (exact) mass is 933 g/mol. The number of hydrogen-bond acceptors (Lipinski definition) is 2. The van der Waals surface area contributed by atoms with Gasteiger partial charge in [-0.15, -0.1) is 0 Å². The van der Waals surface area contributed by atoms with Gasteiger partial charge in [-0.1, -0.05) is 204 Å². The number of benzene rings is 9. The second-order valence-corrected chi connectivity index (χ2v) is 20.9. The van der Waals surface area contributed by atoms with Crippen molar-refractivity contribution in [2.45, 2.75) is 121 Å². The molecule has 10 rings (SSSR count). The highest BCUT2D eigenvalue weighted by Crippen LogP contribution is 2.51. The first-order valence-corrected chi connectivity index (χ1v) is 26.5. The fraction of sp³-hybridized carbons (Fsp3) is 0.275. The van der Waals surface area contributed by atoms with Gasteiger partial charge in [0.05, 0.1) is 22.7 Å². The second kappa shape index (κ2) is 22.0. The molecule has 0 heterocycles. The summed E-state index contributed by atoms with van der Waals surface area (Å²) in [4.78, 5) is 5.13. The van der Waals surface area contributed by atoms with E-state index in [1.54, 1.807) is 0 Å². The Labute approximate surface area is 426 Å². The van der Waals surface area contributed by atoms with Gasteiger partial charge in [0.1, 0.15) is 0 Å². The standard InChI is InChI=1S/C63H60N2.C4H10.C2H6/c1-40(2)52-29-26-48(45-19-11-9-12-20-45)37-59(52)64(50-23-15-17-43(7)35-50)58-34-28-47-25-31-56-61(39-57(42(5)6)54-32-33-55(58)62(47)63(54)56)65(51-24-16-18-44(8)36-51)60-38-49(27-30-53(60)41(3)4)46-21-13-10-14-22-46;1-4(2)3;1-2/h9-11,13-19,21-42H,12,20H2,1-8H3;4H,1-3H3;1-2H3. The maximum Gasteiger partial charge on any atom is 0.0543 e. The number of nitrogens with zero attached hydrogens (tertiary/aromatic N) is 2. The van der Waals surface area contributed by atoms with E-state index in [-0.39, 0.29) is 0 Å². The van der Waals surface area contributed by atoms with E-state index < -0.39 is 0 Å². The molecular weight excluding hydrogens is 857 g/mol. The normalized spacial score (nSPS) is 12.4. The number of hydrogen-bond donors (Lipinski definition) is 0. The van der Waals surface area contributed by atoms with Crippen LogP contribution in [0.4, 0.5) is 34.1 Å². The van der Waals surface area contributed by atoms with Crippen molar-refractivity contribution >= 4 is 72.0 Å². The Kier molecular flexibility index (Phi) is 15.7. The third-order valence-electron chi connectivity index (χ3n) is 13.7. The predicted molar refractivity (Wildman–Crippen MR) is 315 cm³/mol. The molecule has 0 aromatic heterocycles. The van der Waals surface area contributed by atoms with Crippen LogP contribution in [-0.2, 0) is 0 Å². The molecule has 2 nitrogen and oxygen atoms in total. The predicted octanol–water partition coefficient (Wildman–Crippen LogP) is 21.6. The maximum absolute atomic E-state index is 2.57. The molecular formula is C69H76N2. The van der Waals surface area contributed by atoms with E-state index in [1.807, 2.05) is 13.8 Å². The van der Waals surface area contributed by atoms with Crippen LogP contribution < -0.4 is 9.80 Å². The fourth-order valence-corrected chi connectivity index (χ4v) is 10.4.